The molecular weight excluding hydrogens is 426 g/mol. The van der Waals surface area contributed by atoms with Gasteiger partial charge < -0.3 is 9.64 Å². The third-order valence-electron chi connectivity index (χ3n) is 6.10. The Morgan fingerprint density at radius 2 is 1.83 bits per heavy atom. The molecule has 1 unspecified atom stereocenters. The van der Waals surface area contributed by atoms with Crippen LogP contribution >= 0.6 is 11.6 Å². The van der Waals surface area contributed by atoms with E-state index in [2.05, 4.69) is 0 Å². The SMILES string of the molecule is CC(C)CN(C(=O)COC(=O)C1(c2ccc(Cl)cc2)CCCC1)C1CCS(=O)(=O)C1. The van der Waals surface area contributed by atoms with Crippen LogP contribution in [0.4, 0.5) is 0 Å². The number of nitrogens with zero attached hydrogens (tertiary/aromatic N) is 1. The minimum absolute atomic E-state index is 0.0197. The van der Waals surface area contributed by atoms with Crippen molar-refractivity contribution >= 4 is 33.3 Å². The van der Waals surface area contributed by atoms with Gasteiger partial charge in [0.25, 0.3) is 5.91 Å². The first-order chi connectivity index (χ1) is 14.1. The largest absolute Gasteiger partial charge is 0.455 e. The molecule has 1 saturated heterocycles. The zero-order valence-electron chi connectivity index (χ0n) is 17.6. The molecule has 3 rings (SSSR count). The fourth-order valence-electron chi connectivity index (χ4n) is 4.58. The molecule has 2 fully saturated rings. The molecule has 0 aromatic heterocycles. The van der Waals surface area contributed by atoms with Gasteiger partial charge in [-0.3, -0.25) is 9.59 Å². The molecule has 6 nitrogen and oxygen atoms in total. The molecule has 8 heteroatoms. The van der Waals surface area contributed by atoms with Crippen molar-refractivity contribution in [3.8, 4) is 0 Å². The zero-order valence-corrected chi connectivity index (χ0v) is 19.2. The predicted molar refractivity (Wildman–Crippen MR) is 116 cm³/mol. The van der Waals surface area contributed by atoms with E-state index in [1.54, 1.807) is 17.0 Å². The summed E-state index contributed by atoms with van der Waals surface area (Å²) in [5.41, 5.74) is 0.118. The summed E-state index contributed by atoms with van der Waals surface area (Å²) in [7, 11) is -3.12. The van der Waals surface area contributed by atoms with Crippen molar-refractivity contribution in [2.75, 3.05) is 24.7 Å². The molecule has 1 saturated carbocycles. The maximum absolute atomic E-state index is 13.1. The molecule has 1 aromatic rings. The highest BCUT2D eigenvalue weighted by molar-refractivity contribution is 7.91. The maximum Gasteiger partial charge on any atom is 0.317 e. The van der Waals surface area contributed by atoms with Crippen LogP contribution in [0.5, 0.6) is 0 Å². The number of benzene rings is 1. The molecule has 1 atom stereocenters. The number of esters is 1. The fourth-order valence-corrected chi connectivity index (χ4v) is 6.43. The van der Waals surface area contributed by atoms with Crippen LogP contribution in [0.25, 0.3) is 0 Å². The molecule has 1 amide bonds. The van der Waals surface area contributed by atoms with Gasteiger partial charge in [-0.1, -0.05) is 50.4 Å². The molecule has 0 spiro atoms. The van der Waals surface area contributed by atoms with Crippen LogP contribution in [0.1, 0.15) is 51.5 Å². The second-order valence-corrected chi connectivity index (χ2v) is 11.5. The highest BCUT2D eigenvalue weighted by atomic mass is 35.5. The van der Waals surface area contributed by atoms with Crippen molar-refractivity contribution in [1.29, 1.82) is 0 Å². The zero-order chi connectivity index (χ0) is 21.9. The smallest absolute Gasteiger partial charge is 0.317 e. The summed E-state index contributed by atoms with van der Waals surface area (Å²) in [6.07, 6.45) is 3.64. The number of rotatable bonds is 7. The van der Waals surface area contributed by atoms with E-state index in [4.69, 9.17) is 16.3 Å². The highest BCUT2D eigenvalue weighted by Gasteiger charge is 2.44. The van der Waals surface area contributed by atoms with Gasteiger partial charge >= 0.3 is 5.97 Å². The molecule has 1 aliphatic carbocycles. The van der Waals surface area contributed by atoms with Gasteiger partial charge in [0, 0.05) is 17.6 Å². The molecule has 2 aliphatic rings. The van der Waals surface area contributed by atoms with Crippen LogP contribution in [-0.4, -0.2) is 55.9 Å². The van der Waals surface area contributed by atoms with E-state index >= 15 is 0 Å². The lowest BCUT2D eigenvalue weighted by Gasteiger charge is -2.31. The number of hydrogen-bond acceptors (Lipinski definition) is 5. The summed E-state index contributed by atoms with van der Waals surface area (Å²) in [5, 5.41) is 0.603. The van der Waals surface area contributed by atoms with Crippen LogP contribution in [-0.2, 0) is 29.6 Å². The number of halogens is 1. The van der Waals surface area contributed by atoms with E-state index in [1.165, 1.54) is 0 Å². The van der Waals surface area contributed by atoms with Crippen molar-refractivity contribution in [2.24, 2.45) is 5.92 Å². The average molecular weight is 456 g/mol. The van der Waals surface area contributed by atoms with Gasteiger partial charge in [0.15, 0.2) is 16.4 Å². The highest BCUT2D eigenvalue weighted by Crippen LogP contribution is 2.42. The number of sulfone groups is 1. The van der Waals surface area contributed by atoms with E-state index in [9.17, 15) is 18.0 Å². The standard InChI is InChI=1S/C22H30ClNO5S/c1-16(2)13-24(19-9-12-30(27,28)15-19)20(25)14-29-21(26)22(10-3-4-11-22)17-5-7-18(23)8-6-17/h5-8,16,19H,3-4,9-15H2,1-2H3. The molecule has 0 N–H and O–H groups in total. The third kappa shape index (κ3) is 5.17. The van der Waals surface area contributed by atoms with Gasteiger partial charge in [-0.25, -0.2) is 8.42 Å². The second-order valence-electron chi connectivity index (χ2n) is 8.87. The summed E-state index contributed by atoms with van der Waals surface area (Å²) in [6.45, 7) is 4.03. The Balaban J connectivity index is 1.70. The van der Waals surface area contributed by atoms with Crippen molar-refractivity contribution in [2.45, 2.75) is 57.4 Å². The molecule has 166 valence electrons. The van der Waals surface area contributed by atoms with Crippen LogP contribution in [0.2, 0.25) is 5.02 Å². The summed E-state index contributed by atoms with van der Waals surface area (Å²) in [5.74, 6) is -0.460. The molecule has 0 bridgehead atoms. The van der Waals surface area contributed by atoms with Crippen LogP contribution in [0, 0.1) is 5.92 Å². The summed E-state index contributed by atoms with van der Waals surface area (Å²) in [4.78, 5) is 27.6. The van der Waals surface area contributed by atoms with Crippen molar-refractivity contribution < 1.29 is 22.7 Å². The molecule has 1 heterocycles. The molecule has 30 heavy (non-hydrogen) atoms. The molecule has 1 aliphatic heterocycles. The van der Waals surface area contributed by atoms with Crippen molar-refractivity contribution in [3.63, 3.8) is 0 Å². The number of carbonyl (C=O) groups excluding carboxylic acids is 2. The quantitative estimate of drug-likeness (QED) is 0.589. The van der Waals surface area contributed by atoms with Crippen molar-refractivity contribution in [1.82, 2.24) is 4.90 Å². The van der Waals surface area contributed by atoms with Gasteiger partial charge in [0.1, 0.15) is 0 Å². The van der Waals surface area contributed by atoms with E-state index in [1.807, 2.05) is 26.0 Å². The Hall–Kier alpha value is -1.60. The molecular formula is C22H30ClNO5S. The van der Waals surface area contributed by atoms with Gasteiger partial charge in [-0.05, 0) is 42.9 Å². The second kappa shape index (κ2) is 9.27. The van der Waals surface area contributed by atoms with Crippen LogP contribution in [0.3, 0.4) is 0 Å². The summed E-state index contributed by atoms with van der Waals surface area (Å²) < 4.78 is 29.3. The Morgan fingerprint density at radius 1 is 1.20 bits per heavy atom. The Labute approximate surface area is 183 Å². The minimum atomic E-state index is -3.12. The first-order valence-electron chi connectivity index (χ1n) is 10.6. The van der Waals surface area contributed by atoms with E-state index in [0.717, 1.165) is 18.4 Å². The lowest BCUT2D eigenvalue weighted by molar-refractivity contribution is -0.158. The molecule has 0 radical (unpaired) electrons. The molecule has 1 aromatic carbocycles. The average Bonchev–Trinajstić information content (AvgIpc) is 3.31. The first kappa shape index (κ1) is 23.1. The summed E-state index contributed by atoms with van der Waals surface area (Å²) >= 11 is 6.00. The predicted octanol–water partition coefficient (Wildman–Crippen LogP) is 3.37. The Kier molecular flexibility index (Phi) is 7.13. The number of ether oxygens (including phenoxy) is 1. The van der Waals surface area contributed by atoms with Crippen LogP contribution in [0.15, 0.2) is 24.3 Å². The lowest BCUT2D eigenvalue weighted by atomic mass is 9.79. The van der Waals surface area contributed by atoms with Gasteiger partial charge in [-0.15, -0.1) is 0 Å². The lowest BCUT2D eigenvalue weighted by Crippen LogP contribution is -2.46. The number of hydrogen-bond donors (Lipinski definition) is 0. The third-order valence-corrected chi connectivity index (χ3v) is 8.11. The monoisotopic (exact) mass is 455 g/mol. The van der Waals surface area contributed by atoms with Gasteiger partial charge in [0.2, 0.25) is 0 Å². The maximum atomic E-state index is 13.1. The Bertz CT molecular complexity index is 875. The first-order valence-corrected chi connectivity index (χ1v) is 12.8. The van der Waals surface area contributed by atoms with E-state index in [-0.39, 0.29) is 41.9 Å². The Morgan fingerprint density at radius 3 is 2.37 bits per heavy atom. The number of carbonyl (C=O) groups is 2. The van der Waals surface area contributed by atoms with Crippen LogP contribution < -0.4 is 0 Å². The van der Waals surface area contributed by atoms with Gasteiger partial charge in [-0.2, -0.15) is 0 Å². The minimum Gasteiger partial charge on any atom is -0.455 e. The van der Waals surface area contributed by atoms with E-state index < -0.39 is 15.3 Å². The number of amides is 1. The summed E-state index contributed by atoms with van der Waals surface area (Å²) in [6, 6.07) is 6.89. The van der Waals surface area contributed by atoms with Crippen molar-refractivity contribution in [3.05, 3.63) is 34.9 Å². The van der Waals surface area contributed by atoms with Gasteiger partial charge in [0.05, 0.1) is 16.9 Å². The van der Waals surface area contributed by atoms with E-state index in [0.29, 0.717) is 30.8 Å². The normalized spacial score (nSPS) is 22.2. The fraction of sp³-hybridized carbons (Fsp3) is 0.636. The topological polar surface area (TPSA) is 80.8 Å².